The van der Waals surface area contributed by atoms with Crippen LogP contribution in [0.25, 0.3) is 11.1 Å². The van der Waals surface area contributed by atoms with E-state index in [1.165, 1.54) is 11.1 Å². The first-order valence-corrected chi connectivity index (χ1v) is 10.6. The SMILES string of the molecule is CCN1CCC(CC(=O)O)(NC(=O)OCC2c3ccccc3-c3ccccc32)CC1. The highest BCUT2D eigenvalue weighted by Crippen LogP contribution is 2.44. The van der Waals surface area contributed by atoms with Gasteiger partial charge in [-0.2, -0.15) is 0 Å². The van der Waals surface area contributed by atoms with E-state index in [0.717, 1.165) is 30.8 Å². The first-order valence-electron chi connectivity index (χ1n) is 10.6. The number of carboxylic acid groups (broad SMARTS) is 1. The summed E-state index contributed by atoms with van der Waals surface area (Å²) >= 11 is 0. The number of piperidine rings is 1. The summed E-state index contributed by atoms with van der Waals surface area (Å²) < 4.78 is 5.65. The molecule has 158 valence electrons. The van der Waals surface area contributed by atoms with Crippen molar-refractivity contribution in [2.75, 3.05) is 26.2 Å². The molecule has 1 aliphatic carbocycles. The van der Waals surface area contributed by atoms with Crippen LogP contribution in [-0.2, 0) is 9.53 Å². The Morgan fingerprint density at radius 1 is 1.07 bits per heavy atom. The van der Waals surface area contributed by atoms with Gasteiger partial charge in [-0.3, -0.25) is 4.79 Å². The molecule has 30 heavy (non-hydrogen) atoms. The fraction of sp³-hybridized carbons (Fsp3) is 0.417. The fourth-order valence-corrected chi connectivity index (χ4v) is 4.78. The Kier molecular flexibility index (Phi) is 5.77. The normalized spacial score (nSPS) is 17.8. The molecule has 1 fully saturated rings. The Morgan fingerprint density at radius 2 is 1.63 bits per heavy atom. The molecular formula is C24H28N2O4. The zero-order valence-electron chi connectivity index (χ0n) is 17.3. The highest BCUT2D eigenvalue weighted by atomic mass is 16.5. The Labute approximate surface area is 176 Å². The van der Waals surface area contributed by atoms with Gasteiger partial charge in [-0.25, -0.2) is 4.79 Å². The lowest BCUT2D eigenvalue weighted by Gasteiger charge is -2.41. The van der Waals surface area contributed by atoms with E-state index in [0.29, 0.717) is 12.8 Å². The number of alkyl carbamates (subject to hydrolysis) is 1. The van der Waals surface area contributed by atoms with Crippen LogP contribution >= 0.6 is 0 Å². The van der Waals surface area contributed by atoms with E-state index in [-0.39, 0.29) is 18.9 Å². The molecule has 0 aromatic heterocycles. The molecule has 6 nitrogen and oxygen atoms in total. The molecule has 0 unspecified atom stereocenters. The fourth-order valence-electron chi connectivity index (χ4n) is 4.78. The van der Waals surface area contributed by atoms with Crippen LogP contribution in [0.2, 0.25) is 0 Å². The Balaban J connectivity index is 1.45. The lowest BCUT2D eigenvalue weighted by atomic mass is 9.84. The van der Waals surface area contributed by atoms with Gasteiger partial charge in [-0.05, 0) is 41.6 Å². The van der Waals surface area contributed by atoms with Crippen LogP contribution in [0.1, 0.15) is 43.2 Å². The summed E-state index contributed by atoms with van der Waals surface area (Å²) in [4.78, 5) is 26.4. The Morgan fingerprint density at radius 3 is 2.17 bits per heavy atom. The number of fused-ring (bicyclic) bond motifs is 3. The summed E-state index contributed by atoms with van der Waals surface area (Å²) in [5.41, 5.74) is 3.92. The van der Waals surface area contributed by atoms with Crippen LogP contribution in [0, 0.1) is 0 Å². The van der Waals surface area contributed by atoms with Crippen molar-refractivity contribution in [3.05, 3.63) is 59.7 Å². The quantitative estimate of drug-likeness (QED) is 0.759. The smallest absolute Gasteiger partial charge is 0.407 e. The first kappa shape index (κ1) is 20.4. The van der Waals surface area contributed by atoms with Crippen LogP contribution in [0.3, 0.4) is 0 Å². The molecule has 1 aliphatic heterocycles. The van der Waals surface area contributed by atoms with E-state index in [1.54, 1.807) is 0 Å². The molecule has 0 bridgehead atoms. The summed E-state index contributed by atoms with van der Waals surface area (Å²) in [5.74, 6) is -0.917. The molecule has 4 rings (SSSR count). The van der Waals surface area contributed by atoms with Gasteiger partial charge in [0.15, 0.2) is 0 Å². The van der Waals surface area contributed by atoms with Gasteiger partial charge in [0.25, 0.3) is 0 Å². The highest BCUT2D eigenvalue weighted by molar-refractivity contribution is 5.79. The van der Waals surface area contributed by atoms with Crippen LogP contribution in [0.5, 0.6) is 0 Å². The van der Waals surface area contributed by atoms with Crippen LogP contribution in [0.15, 0.2) is 48.5 Å². The number of hydrogen-bond acceptors (Lipinski definition) is 4. The first-order chi connectivity index (χ1) is 14.5. The number of nitrogens with zero attached hydrogens (tertiary/aromatic N) is 1. The van der Waals surface area contributed by atoms with Crippen LogP contribution in [-0.4, -0.2) is 53.8 Å². The third-order valence-electron chi connectivity index (χ3n) is 6.46. The van der Waals surface area contributed by atoms with Gasteiger partial charge >= 0.3 is 12.1 Å². The van der Waals surface area contributed by atoms with Crippen LogP contribution in [0.4, 0.5) is 4.79 Å². The van der Waals surface area contributed by atoms with E-state index < -0.39 is 17.6 Å². The number of nitrogens with one attached hydrogen (secondary N) is 1. The van der Waals surface area contributed by atoms with Gasteiger partial charge < -0.3 is 20.1 Å². The van der Waals surface area contributed by atoms with E-state index in [1.807, 2.05) is 24.3 Å². The molecule has 1 saturated heterocycles. The molecule has 0 saturated carbocycles. The van der Waals surface area contributed by atoms with Gasteiger partial charge in [0.05, 0.1) is 12.0 Å². The van der Waals surface area contributed by atoms with E-state index in [2.05, 4.69) is 41.4 Å². The number of carbonyl (C=O) groups is 2. The standard InChI is InChI=1S/C24H28N2O4/c1-2-26-13-11-24(12-14-26,15-22(27)28)25-23(29)30-16-21-19-9-5-3-7-17(19)18-8-4-6-10-20(18)21/h3-10,21H,2,11-16H2,1H3,(H,25,29)(H,27,28). The maximum Gasteiger partial charge on any atom is 0.407 e. The number of rotatable bonds is 6. The van der Waals surface area contributed by atoms with Crippen molar-refractivity contribution in [2.24, 2.45) is 0 Å². The number of likely N-dealkylation sites (tertiary alicyclic amines) is 1. The van der Waals surface area contributed by atoms with Crippen molar-refractivity contribution >= 4 is 12.1 Å². The van der Waals surface area contributed by atoms with Crippen molar-refractivity contribution in [2.45, 2.75) is 37.6 Å². The molecule has 1 heterocycles. The minimum Gasteiger partial charge on any atom is -0.481 e. The van der Waals surface area contributed by atoms with Gasteiger partial charge in [0.1, 0.15) is 6.61 Å². The molecule has 0 spiro atoms. The van der Waals surface area contributed by atoms with E-state index in [9.17, 15) is 14.7 Å². The predicted octanol–water partition coefficient (Wildman–Crippen LogP) is 3.85. The third-order valence-corrected chi connectivity index (χ3v) is 6.46. The molecule has 6 heteroatoms. The molecule has 2 aliphatic rings. The predicted molar refractivity (Wildman–Crippen MR) is 115 cm³/mol. The third kappa shape index (κ3) is 4.05. The minimum absolute atomic E-state index is 0.0134. The van der Waals surface area contributed by atoms with Crippen LogP contribution < -0.4 is 5.32 Å². The largest absolute Gasteiger partial charge is 0.481 e. The van der Waals surface area contributed by atoms with Crippen molar-refractivity contribution in [3.63, 3.8) is 0 Å². The summed E-state index contributed by atoms with van der Waals surface area (Å²) in [5, 5.41) is 12.3. The van der Waals surface area contributed by atoms with E-state index >= 15 is 0 Å². The number of ether oxygens (including phenoxy) is 1. The molecule has 0 atom stereocenters. The molecule has 2 aromatic rings. The van der Waals surface area contributed by atoms with E-state index in [4.69, 9.17) is 4.74 Å². The maximum atomic E-state index is 12.7. The van der Waals surface area contributed by atoms with Crippen molar-refractivity contribution in [3.8, 4) is 11.1 Å². The second-order valence-corrected chi connectivity index (χ2v) is 8.24. The Bertz CT molecular complexity index is 889. The van der Waals surface area contributed by atoms with Crippen molar-refractivity contribution in [1.82, 2.24) is 10.2 Å². The van der Waals surface area contributed by atoms with Gasteiger partial charge in [-0.15, -0.1) is 0 Å². The lowest BCUT2D eigenvalue weighted by molar-refractivity contribution is -0.139. The lowest BCUT2D eigenvalue weighted by Crippen LogP contribution is -2.56. The summed E-state index contributed by atoms with van der Waals surface area (Å²) in [6.45, 7) is 4.78. The zero-order valence-corrected chi connectivity index (χ0v) is 17.3. The van der Waals surface area contributed by atoms with Crippen molar-refractivity contribution < 1.29 is 19.4 Å². The second-order valence-electron chi connectivity index (χ2n) is 8.24. The molecule has 1 amide bonds. The number of hydrogen-bond donors (Lipinski definition) is 2. The summed E-state index contributed by atoms with van der Waals surface area (Å²) in [6.07, 6.45) is 0.590. The van der Waals surface area contributed by atoms with Gasteiger partial charge in [0, 0.05) is 19.0 Å². The van der Waals surface area contributed by atoms with Gasteiger partial charge in [-0.1, -0.05) is 55.5 Å². The highest BCUT2D eigenvalue weighted by Gasteiger charge is 2.38. The molecule has 2 N–H and O–H groups in total. The van der Waals surface area contributed by atoms with Gasteiger partial charge in [0.2, 0.25) is 0 Å². The number of amides is 1. The molecule has 2 aromatic carbocycles. The molecule has 0 radical (unpaired) electrons. The number of carbonyl (C=O) groups excluding carboxylic acids is 1. The Hall–Kier alpha value is -2.86. The summed E-state index contributed by atoms with van der Waals surface area (Å²) in [6, 6.07) is 16.4. The number of aliphatic carboxylic acids is 1. The summed E-state index contributed by atoms with van der Waals surface area (Å²) in [7, 11) is 0. The number of carboxylic acids is 1. The second kappa shape index (κ2) is 8.48. The zero-order chi connectivity index (χ0) is 21.1. The molecular weight excluding hydrogens is 380 g/mol. The average Bonchev–Trinajstić information content (AvgIpc) is 3.06. The van der Waals surface area contributed by atoms with Crippen molar-refractivity contribution in [1.29, 1.82) is 0 Å². The topological polar surface area (TPSA) is 78.9 Å². The number of benzene rings is 2. The minimum atomic E-state index is -0.904. The maximum absolute atomic E-state index is 12.7. The monoisotopic (exact) mass is 408 g/mol. The average molecular weight is 408 g/mol.